The minimum absolute atomic E-state index is 0.0407. The number of imide groups is 10. The van der Waals surface area contributed by atoms with Crippen LogP contribution in [0.5, 0.6) is 0 Å². The lowest BCUT2D eigenvalue weighted by Gasteiger charge is -2.11. The summed E-state index contributed by atoms with van der Waals surface area (Å²) in [7, 11) is -4.17. The average molecular weight is 1030 g/mol. The lowest BCUT2D eigenvalue weighted by Crippen LogP contribution is -2.36. The molecule has 0 spiro atoms. The minimum Gasteiger partial charge on any atom is -0.436 e. The Bertz CT molecular complexity index is 2570. The van der Waals surface area contributed by atoms with Crippen molar-refractivity contribution in [1.82, 2.24) is 19.0 Å². The first-order valence-electron chi connectivity index (χ1n) is 22.6. The number of benzene rings is 2. The van der Waals surface area contributed by atoms with Crippen LogP contribution in [0.1, 0.15) is 140 Å². The van der Waals surface area contributed by atoms with Crippen LogP contribution < -0.4 is 0 Å². The number of nitrogens with zero attached hydrogens (tertiary/aromatic N) is 4. The lowest BCUT2D eigenvalue weighted by atomic mass is 10.1. The third kappa shape index (κ3) is 19.3. The van der Waals surface area contributed by atoms with Crippen molar-refractivity contribution in [3.8, 4) is 47.4 Å². The fourth-order valence-electron chi connectivity index (χ4n) is 5.21. The summed E-state index contributed by atoms with van der Waals surface area (Å²) in [4.78, 5) is 127. The van der Waals surface area contributed by atoms with E-state index in [1.165, 1.54) is 36.4 Å². The van der Waals surface area contributed by atoms with E-state index in [4.69, 9.17) is 4.74 Å². The predicted molar refractivity (Wildman–Crippen MR) is 263 cm³/mol. The van der Waals surface area contributed by atoms with Gasteiger partial charge in [-0.3, -0.25) is 33.6 Å². The number of hydrogen-bond donors (Lipinski definition) is 0. The highest BCUT2D eigenvalue weighted by molar-refractivity contribution is 7.90. The van der Waals surface area contributed by atoms with Crippen LogP contribution >= 0.6 is 0 Å². The van der Waals surface area contributed by atoms with Gasteiger partial charge in [0.05, 0.1) is 16.7 Å². The Kier molecular flexibility index (Phi) is 33.1. The molecule has 0 aliphatic carbocycles. The molecule has 4 aliphatic rings. The first kappa shape index (κ1) is 66.5. The van der Waals surface area contributed by atoms with Gasteiger partial charge in [-0.1, -0.05) is 103 Å². The summed E-state index contributed by atoms with van der Waals surface area (Å²) < 4.78 is 42.7. The second-order valence-corrected chi connectivity index (χ2v) is 14.0. The SMILES string of the molecule is CC.CC.CC.CC.CC#CCOC(=O)N1C(=O)CCC1=O.CC#CCOC(=O)N1C(=O)CCC1=O.CC#CCOC(=O)N1C(=O)c2ccccc2C1=O.CC#CCOC(=O)N1C(=O)c2ccccc2S1(=O)=O. The standard InChI is InChI=1S/C13H9NO4.C12H9NO5S.2C9H9NO4.4C2H6/c1-2-3-8-18-13(17)14-11(15)9-6-4-5-7-10(9)12(14)16;1-2-3-8-18-12(15)13-11(14)9-6-4-5-7-10(9)19(13,16)17;2*1-2-3-6-14-9(13)10-7(11)4-5-8(10)12;4*1-2/h4-7H,8H2,1H3;4-7H,8H2,1H3;2*4-6H2,1H3;4*1-2H3. The van der Waals surface area contributed by atoms with Crippen LogP contribution in [-0.2, 0) is 48.1 Å². The van der Waals surface area contributed by atoms with Crippen LogP contribution in [0.4, 0.5) is 19.2 Å². The molecule has 11 amide bonds. The summed E-state index contributed by atoms with van der Waals surface area (Å²) in [5.74, 6) is 15.7. The van der Waals surface area contributed by atoms with Crippen LogP contribution in [-0.4, -0.2) is 120 Å². The van der Waals surface area contributed by atoms with Gasteiger partial charge in [0, 0.05) is 25.7 Å². The molecule has 4 heterocycles. The van der Waals surface area contributed by atoms with Gasteiger partial charge in [0.1, 0.15) is 4.90 Å². The van der Waals surface area contributed by atoms with Gasteiger partial charge in [-0.05, 0) is 52.0 Å². The topological polar surface area (TPSA) is 272 Å². The Balaban J connectivity index is 0. The van der Waals surface area contributed by atoms with Crippen molar-refractivity contribution in [3.05, 3.63) is 65.2 Å². The lowest BCUT2D eigenvalue weighted by molar-refractivity contribution is -0.137. The highest BCUT2D eigenvalue weighted by atomic mass is 32.2. The van der Waals surface area contributed by atoms with Crippen LogP contribution in [0.15, 0.2) is 53.4 Å². The predicted octanol–water partition coefficient (Wildman–Crippen LogP) is 7.13. The molecule has 0 radical (unpaired) electrons. The molecule has 0 aromatic heterocycles. The zero-order valence-corrected chi connectivity index (χ0v) is 43.7. The summed E-state index contributed by atoms with van der Waals surface area (Å²) in [6.07, 6.45) is -3.80. The quantitative estimate of drug-likeness (QED) is 0.167. The molecule has 0 atom stereocenters. The summed E-state index contributed by atoms with van der Waals surface area (Å²) >= 11 is 0. The molecular weight excluding hydrogens is 973 g/mol. The van der Waals surface area contributed by atoms with Gasteiger partial charge in [-0.2, -0.15) is 14.7 Å². The maximum absolute atomic E-state index is 12.0. The van der Waals surface area contributed by atoms with E-state index in [0.29, 0.717) is 14.7 Å². The molecule has 0 N–H and O–H groups in total. The Hall–Kier alpha value is -8.60. The summed E-state index contributed by atoms with van der Waals surface area (Å²) in [6, 6.07) is 11.8. The van der Waals surface area contributed by atoms with Gasteiger partial charge < -0.3 is 18.9 Å². The monoisotopic (exact) mass is 1030 g/mol. The normalized spacial score (nSPS) is 13.3. The van der Waals surface area contributed by atoms with Crippen LogP contribution in [0.2, 0.25) is 0 Å². The molecule has 0 saturated carbocycles. The molecule has 2 saturated heterocycles. The number of sulfonamides is 1. The second-order valence-electron chi connectivity index (χ2n) is 12.2. The largest absolute Gasteiger partial charge is 0.436 e. The number of fused-ring (bicyclic) bond motifs is 2. The van der Waals surface area contributed by atoms with Crippen molar-refractivity contribution in [2.45, 2.75) is 114 Å². The minimum atomic E-state index is -4.17. The molecule has 2 fully saturated rings. The molecule has 0 bridgehead atoms. The molecule has 22 heteroatoms. The number of carbonyl (C=O) groups excluding carboxylic acids is 11. The molecule has 4 aliphatic heterocycles. The van der Waals surface area contributed by atoms with E-state index < -0.39 is 75.7 Å². The van der Waals surface area contributed by atoms with Gasteiger partial charge in [0.25, 0.3) is 27.7 Å². The fourth-order valence-corrected chi connectivity index (χ4v) is 6.66. The highest BCUT2D eigenvalue weighted by Crippen LogP contribution is 2.30. The van der Waals surface area contributed by atoms with Crippen molar-refractivity contribution in [2.24, 2.45) is 0 Å². The Morgan fingerprint density at radius 3 is 1.00 bits per heavy atom. The van der Waals surface area contributed by atoms with Gasteiger partial charge >= 0.3 is 24.4 Å². The van der Waals surface area contributed by atoms with Gasteiger partial charge in [-0.25, -0.2) is 27.6 Å². The molecule has 2 aromatic rings. The maximum atomic E-state index is 12.0. The average Bonchev–Trinajstić information content (AvgIpc) is 4.07. The van der Waals surface area contributed by atoms with E-state index in [1.807, 2.05) is 55.4 Å². The summed E-state index contributed by atoms with van der Waals surface area (Å²) in [5.41, 5.74) is 0.378. The fraction of sp³-hybridized carbons (Fsp3) is 0.392. The number of carbonyl (C=O) groups is 11. The van der Waals surface area contributed by atoms with E-state index in [9.17, 15) is 61.2 Å². The number of ether oxygens (including phenoxy) is 4. The van der Waals surface area contributed by atoms with Crippen molar-refractivity contribution < 1.29 is 80.1 Å². The van der Waals surface area contributed by atoms with E-state index in [-0.39, 0.29) is 78.0 Å². The van der Waals surface area contributed by atoms with Crippen LogP contribution in [0, 0.1) is 47.4 Å². The van der Waals surface area contributed by atoms with Crippen LogP contribution in [0.25, 0.3) is 0 Å². The number of likely N-dealkylation sites (tertiary alicyclic amines) is 2. The third-order valence-electron chi connectivity index (χ3n) is 8.21. The van der Waals surface area contributed by atoms with Gasteiger partial charge in [0.2, 0.25) is 23.6 Å². The second kappa shape index (κ2) is 36.4. The number of hydrogen-bond acceptors (Lipinski definition) is 17. The zero-order chi connectivity index (χ0) is 56.3. The van der Waals surface area contributed by atoms with E-state index in [1.54, 1.807) is 39.8 Å². The molecule has 0 unspecified atom stereocenters. The molecule has 21 nitrogen and oxygen atoms in total. The van der Waals surface area contributed by atoms with Crippen LogP contribution in [0.3, 0.4) is 0 Å². The van der Waals surface area contributed by atoms with E-state index >= 15 is 0 Å². The maximum Gasteiger partial charge on any atom is 0.432 e. The Morgan fingerprint density at radius 1 is 0.425 bits per heavy atom. The smallest absolute Gasteiger partial charge is 0.432 e. The van der Waals surface area contributed by atoms with Crippen molar-refractivity contribution in [1.29, 1.82) is 0 Å². The number of rotatable bonds is 4. The van der Waals surface area contributed by atoms with E-state index in [2.05, 4.69) is 61.6 Å². The third-order valence-corrected chi connectivity index (χ3v) is 9.92. The van der Waals surface area contributed by atoms with Crippen molar-refractivity contribution in [3.63, 3.8) is 0 Å². The molecular formula is C51H60N4O17S. The van der Waals surface area contributed by atoms with E-state index in [0.717, 1.165) is 0 Å². The molecule has 392 valence electrons. The van der Waals surface area contributed by atoms with Crippen molar-refractivity contribution in [2.75, 3.05) is 26.4 Å². The van der Waals surface area contributed by atoms with Gasteiger partial charge in [0.15, 0.2) is 26.4 Å². The summed E-state index contributed by atoms with van der Waals surface area (Å²) in [6.45, 7) is 21.7. The summed E-state index contributed by atoms with van der Waals surface area (Å²) in [5, 5.41) is 0. The molecule has 2 aromatic carbocycles. The first-order chi connectivity index (χ1) is 35.0. The molecule has 73 heavy (non-hydrogen) atoms. The van der Waals surface area contributed by atoms with Gasteiger partial charge in [-0.15, -0.1) is 28.0 Å². The highest BCUT2D eigenvalue weighted by Gasteiger charge is 2.46. The zero-order valence-electron chi connectivity index (χ0n) is 42.9. The Morgan fingerprint density at radius 2 is 0.699 bits per heavy atom. The molecule has 6 rings (SSSR count). The first-order valence-corrected chi connectivity index (χ1v) is 24.1. The number of amides is 11. The Labute approximate surface area is 426 Å². The van der Waals surface area contributed by atoms with Crippen molar-refractivity contribution >= 4 is 75.7 Å².